The highest BCUT2D eigenvalue weighted by Gasteiger charge is 2.15. The smallest absolute Gasteiger partial charge is 0.303 e. The molecule has 6 nitrogen and oxygen atoms in total. The van der Waals surface area contributed by atoms with Crippen LogP contribution in [0.1, 0.15) is 24.8 Å². The van der Waals surface area contributed by atoms with Gasteiger partial charge in [0.15, 0.2) is 0 Å². The molecule has 0 saturated carbocycles. The van der Waals surface area contributed by atoms with E-state index in [2.05, 4.69) is 10.6 Å². The van der Waals surface area contributed by atoms with Crippen molar-refractivity contribution in [2.45, 2.75) is 25.7 Å². The van der Waals surface area contributed by atoms with Crippen LogP contribution in [0.4, 0.5) is 11.4 Å². The van der Waals surface area contributed by atoms with E-state index >= 15 is 0 Å². The van der Waals surface area contributed by atoms with Crippen LogP contribution < -0.4 is 10.6 Å². The topological polar surface area (TPSA) is 95.5 Å². The lowest BCUT2D eigenvalue weighted by molar-refractivity contribution is -0.138. The van der Waals surface area contributed by atoms with Crippen molar-refractivity contribution < 1.29 is 19.5 Å². The summed E-state index contributed by atoms with van der Waals surface area (Å²) in [5, 5.41) is 13.8. The van der Waals surface area contributed by atoms with E-state index in [1.165, 1.54) is 0 Å². The van der Waals surface area contributed by atoms with Crippen LogP contribution in [-0.4, -0.2) is 22.9 Å². The molecule has 0 aromatic heterocycles. The van der Waals surface area contributed by atoms with Gasteiger partial charge in [-0.3, -0.25) is 14.4 Å². The van der Waals surface area contributed by atoms with Gasteiger partial charge in [0.05, 0.1) is 6.42 Å². The third-order valence-corrected chi connectivity index (χ3v) is 2.86. The predicted molar refractivity (Wildman–Crippen MR) is 68.9 cm³/mol. The molecule has 1 heterocycles. The van der Waals surface area contributed by atoms with Crippen molar-refractivity contribution >= 4 is 29.2 Å². The second-order valence-corrected chi connectivity index (χ2v) is 4.36. The van der Waals surface area contributed by atoms with Crippen LogP contribution in [0.25, 0.3) is 0 Å². The van der Waals surface area contributed by atoms with Gasteiger partial charge in [-0.05, 0) is 24.1 Å². The molecular formula is C13H14N2O4. The first kappa shape index (κ1) is 13.1. The van der Waals surface area contributed by atoms with Crippen molar-refractivity contribution in [1.82, 2.24) is 0 Å². The van der Waals surface area contributed by atoms with E-state index in [0.29, 0.717) is 24.2 Å². The molecule has 0 radical (unpaired) electrons. The Morgan fingerprint density at radius 3 is 2.79 bits per heavy atom. The number of aliphatic carboxylic acids is 1. The van der Waals surface area contributed by atoms with Crippen LogP contribution in [0, 0.1) is 0 Å². The van der Waals surface area contributed by atoms with Crippen LogP contribution >= 0.6 is 0 Å². The first-order chi connectivity index (χ1) is 9.04. The zero-order chi connectivity index (χ0) is 13.8. The molecule has 0 saturated heterocycles. The van der Waals surface area contributed by atoms with E-state index in [1.807, 2.05) is 6.07 Å². The Hall–Kier alpha value is -2.37. The standard InChI is InChI=1S/C13H14N2O4/c16-11(5-6-13(18)19)14-9-3-1-8-2-4-12(17)15-10(8)7-9/h1,3,7H,2,4-6H2,(H,14,16)(H,15,17)(H,18,19). The minimum atomic E-state index is -1.01. The average Bonchev–Trinajstić information content (AvgIpc) is 2.36. The zero-order valence-electron chi connectivity index (χ0n) is 10.2. The summed E-state index contributed by atoms with van der Waals surface area (Å²) in [5.41, 5.74) is 2.28. The van der Waals surface area contributed by atoms with Crippen LogP contribution in [0.15, 0.2) is 18.2 Å². The number of carboxylic acids is 1. The maximum atomic E-state index is 11.5. The van der Waals surface area contributed by atoms with Crippen LogP contribution in [0.5, 0.6) is 0 Å². The van der Waals surface area contributed by atoms with E-state index < -0.39 is 5.97 Å². The number of fused-ring (bicyclic) bond motifs is 1. The largest absolute Gasteiger partial charge is 0.481 e. The van der Waals surface area contributed by atoms with Crippen molar-refractivity contribution in [3.05, 3.63) is 23.8 Å². The van der Waals surface area contributed by atoms with E-state index in [4.69, 9.17) is 5.11 Å². The van der Waals surface area contributed by atoms with Gasteiger partial charge in [0, 0.05) is 24.2 Å². The highest BCUT2D eigenvalue weighted by Crippen LogP contribution is 2.25. The number of hydrogen-bond acceptors (Lipinski definition) is 3. The Morgan fingerprint density at radius 2 is 2.05 bits per heavy atom. The van der Waals surface area contributed by atoms with Crippen LogP contribution in [-0.2, 0) is 20.8 Å². The predicted octanol–water partition coefficient (Wildman–Crippen LogP) is 1.37. The lowest BCUT2D eigenvalue weighted by atomic mass is 10.0. The number of aryl methyl sites for hydroxylation is 1. The van der Waals surface area contributed by atoms with Crippen molar-refractivity contribution in [3.8, 4) is 0 Å². The van der Waals surface area contributed by atoms with Crippen molar-refractivity contribution in [3.63, 3.8) is 0 Å². The van der Waals surface area contributed by atoms with E-state index in [9.17, 15) is 14.4 Å². The number of anilines is 2. The number of carboxylic acid groups (broad SMARTS) is 1. The Balaban J connectivity index is 2.01. The third kappa shape index (κ3) is 3.54. The minimum absolute atomic E-state index is 0.0400. The molecule has 6 heteroatoms. The summed E-state index contributed by atoms with van der Waals surface area (Å²) >= 11 is 0. The molecule has 0 fully saturated rings. The highest BCUT2D eigenvalue weighted by molar-refractivity contribution is 5.96. The Kier molecular flexibility index (Phi) is 3.79. The Morgan fingerprint density at radius 1 is 1.26 bits per heavy atom. The summed E-state index contributed by atoms with van der Waals surface area (Å²) in [6, 6.07) is 5.28. The third-order valence-electron chi connectivity index (χ3n) is 2.86. The molecule has 3 N–H and O–H groups in total. The monoisotopic (exact) mass is 262 g/mol. The molecule has 0 spiro atoms. The van der Waals surface area contributed by atoms with E-state index in [0.717, 1.165) is 5.56 Å². The molecule has 2 rings (SSSR count). The molecule has 0 unspecified atom stereocenters. The molecule has 0 atom stereocenters. The first-order valence-corrected chi connectivity index (χ1v) is 5.99. The Labute approximate surface area is 109 Å². The lowest BCUT2D eigenvalue weighted by Gasteiger charge is -2.17. The van der Waals surface area contributed by atoms with Gasteiger partial charge < -0.3 is 15.7 Å². The minimum Gasteiger partial charge on any atom is -0.481 e. The molecule has 100 valence electrons. The normalized spacial score (nSPS) is 13.4. The molecule has 1 aliphatic rings. The van der Waals surface area contributed by atoms with Crippen molar-refractivity contribution in [2.24, 2.45) is 0 Å². The second kappa shape index (κ2) is 5.51. The number of nitrogens with one attached hydrogen (secondary N) is 2. The van der Waals surface area contributed by atoms with E-state index in [-0.39, 0.29) is 24.7 Å². The fourth-order valence-corrected chi connectivity index (χ4v) is 1.89. The first-order valence-electron chi connectivity index (χ1n) is 5.99. The summed E-state index contributed by atoms with van der Waals surface area (Å²) in [5.74, 6) is -1.40. The quantitative estimate of drug-likeness (QED) is 0.763. The van der Waals surface area contributed by atoms with Gasteiger partial charge in [0.25, 0.3) is 0 Å². The summed E-state index contributed by atoms with van der Waals surface area (Å²) in [6.07, 6.45) is 0.887. The van der Waals surface area contributed by atoms with Gasteiger partial charge in [-0.2, -0.15) is 0 Å². The van der Waals surface area contributed by atoms with Crippen molar-refractivity contribution in [2.75, 3.05) is 10.6 Å². The summed E-state index contributed by atoms with van der Waals surface area (Å²) in [7, 11) is 0. The summed E-state index contributed by atoms with van der Waals surface area (Å²) in [6.45, 7) is 0. The molecule has 2 amide bonds. The molecule has 0 bridgehead atoms. The van der Waals surface area contributed by atoms with Crippen LogP contribution in [0.2, 0.25) is 0 Å². The lowest BCUT2D eigenvalue weighted by Crippen LogP contribution is -2.19. The number of carbonyl (C=O) groups is 3. The van der Waals surface area contributed by atoms with E-state index in [1.54, 1.807) is 12.1 Å². The van der Waals surface area contributed by atoms with Crippen molar-refractivity contribution in [1.29, 1.82) is 0 Å². The van der Waals surface area contributed by atoms with Gasteiger partial charge in [-0.1, -0.05) is 6.07 Å². The maximum absolute atomic E-state index is 11.5. The Bertz CT molecular complexity index is 539. The van der Waals surface area contributed by atoms with Gasteiger partial charge in [0.1, 0.15) is 0 Å². The average molecular weight is 262 g/mol. The molecular weight excluding hydrogens is 248 g/mol. The maximum Gasteiger partial charge on any atom is 0.303 e. The number of amides is 2. The SMILES string of the molecule is O=C(O)CCC(=O)Nc1ccc2c(c1)NC(=O)CC2. The molecule has 1 aliphatic heterocycles. The molecule has 0 aliphatic carbocycles. The van der Waals surface area contributed by atoms with Crippen LogP contribution in [0.3, 0.4) is 0 Å². The van der Waals surface area contributed by atoms with Gasteiger partial charge in [0.2, 0.25) is 11.8 Å². The fourth-order valence-electron chi connectivity index (χ4n) is 1.89. The zero-order valence-corrected chi connectivity index (χ0v) is 10.2. The number of rotatable bonds is 4. The number of benzene rings is 1. The summed E-state index contributed by atoms with van der Waals surface area (Å²) < 4.78 is 0. The van der Waals surface area contributed by atoms with Gasteiger partial charge in [-0.15, -0.1) is 0 Å². The number of hydrogen-bond donors (Lipinski definition) is 3. The second-order valence-electron chi connectivity index (χ2n) is 4.36. The highest BCUT2D eigenvalue weighted by atomic mass is 16.4. The molecule has 19 heavy (non-hydrogen) atoms. The molecule has 1 aromatic carbocycles. The fraction of sp³-hybridized carbons (Fsp3) is 0.308. The molecule has 1 aromatic rings. The van der Waals surface area contributed by atoms with Gasteiger partial charge >= 0.3 is 5.97 Å². The number of carbonyl (C=O) groups excluding carboxylic acids is 2. The summed E-state index contributed by atoms with van der Waals surface area (Å²) in [4.78, 5) is 33.1. The van der Waals surface area contributed by atoms with Gasteiger partial charge in [-0.25, -0.2) is 0 Å².